The highest BCUT2D eigenvalue weighted by molar-refractivity contribution is 5.98. The van der Waals surface area contributed by atoms with Crippen molar-refractivity contribution in [3.05, 3.63) is 23.4 Å². The van der Waals surface area contributed by atoms with E-state index in [2.05, 4.69) is 24.1 Å². The summed E-state index contributed by atoms with van der Waals surface area (Å²) in [5, 5.41) is 2.74. The Kier molecular flexibility index (Phi) is 3.83. The lowest BCUT2D eigenvalue weighted by Crippen LogP contribution is -2.04. The van der Waals surface area contributed by atoms with E-state index in [1.54, 1.807) is 6.20 Å². The Morgan fingerprint density at radius 1 is 1.40 bits per heavy atom. The molecule has 0 bridgehead atoms. The Morgan fingerprint density at radius 2 is 2.07 bits per heavy atom. The van der Waals surface area contributed by atoms with Crippen LogP contribution >= 0.6 is 0 Å². The zero-order chi connectivity index (χ0) is 11.4. The van der Waals surface area contributed by atoms with Crippen LogP contribution in [0.2, 0.25) is 0 Å². The van der Waals surface area contributed by atoms with E-state index in [1.165, 1.54) is 5.56 Å². The quantitative estimate of drug-likeness (QED) is 0.767. The van der Waals surface area contributed by atoms with Gasteiger partial charge in [0.1, 0.15) is 5.82 Å². The van der Waals surface area contributed by atoms with Gasteiger partial charge < -0.3 is 5.32 Å². The Hall–Kier alpha value is -1.38. The van der Waals surface area contributed by atoms with Crippen molar-refractivity contribution in [2.75, 3.05) is 5.32 Å². The maximum atomic E-state index is 11.1. The van der Waals surface area contributed by atoms with Gasteiger partial charge in [-0.2, -0.15) is 0 Å². The van der Waals surface area contributed by atoms with Gasteiger partial charge in [0, 0.05) is 11.8 Å². The fourth-order valence-corrected chi connectivity index (χ4v) is 1.68. The maximum Gasteiger partial charge on any atom is 0.230 e. The van der Waals surface area contributed by atoms with Crippen molar-refractivity contribution in [1.82, 2.24) is 4.98 Å². The number of hydrogen-bond donors (Lipinski definition) is 1. The SMILES string of the molecule is CC.CC(C)c1ccnc2c1CC(=O)N2. The largest absolute Gasteiger partial charge is 0.310 e. The highest BCUT2D eigenvalue weighted by Gasteiger charge is 2.22. The summed E-state index contributed by atoms with van der Waals surface area (Å²) in [7, 11) is 0. The van der Waals surface area contributed by atoms with Crippen molar-refractivity contribution in [3.8, 4) is 0 Å². The molecular formula is C12H18N2O. The molecule has 0 aliphatic carbocycles. The minimum Gasteiger partial charge on any atom is -0.310 e. The first-order valence-electron chi connectivity index (χ1n) is 5.46. The molecule has 3 heteroatoms. The van der Waals surface area contributed by atoms with Crippen LogP contribution in [0.1, 0.15) is 44.7 Å². The Bertz CT molecular complexity index is 359. The minimum atomic E-state index is 0.0515. The number of nitrogens with zero attached hydrogens (tertiary/aromatic N) is 1. The fourth-order valence-electron chi connectivity index (χ4n) is 1.68. The molecule has 0 spiro atoms. The molecule has 0 radical (unpaired) electrons. The molecule has 0 fully saturated rings. The number of carbonyl (C=O) groups excluding carboxylic acids is 1. The van der Waals surface area contributed by atoms with Crippen LogP contribution in [-0.2, 0) is 11.2 Å². The van der Waals surface area contributed by atoms with Crippen LogP contribution in [-0.4, -0.2) is 10.9 Å². The van der Waals surface area contributed by atoms with Crippen LogP contribution in [0, 0.1) is 0 Å². The van der Waals surface area contributed by atoms with Crippen LogP contribution in [0.4, 0.5) is 5.82 Å². The minimum absolute atomic E-state index is 0.0515. The van der Waals surface area contributed by atoms with Gasteiger partial charge in [0.05, 0.1) is 6.42 Å². The number of amides is 1. The molecule has 0 aromatic carbocycles. The Morgan fingerprint density at radius 3 is 2.67 bits per heavy atom. The molecule has 0 atom stereocenters. The first-order valence-corrected chi connectivity index (χ1v) is 5.46. The van der Waals surface area contributed by atoms with Gasteiger partial charge in [-0.25, -0.2) is 4.98 Å². The molecule has 3 nitrogen and oxygen atoms in total. The summed E-state index contributed by atoms with van der Waals surface area (Å²) in [6, 6.07) is 1.99. The summed E-state index contributed by atoms with van der Waals surface area (Å²) in [6.45, 7) is 8.25. The molecule has 82 valence electrons. The van der Waals surface area contributed by atoms with Crippen molar-refractivity contribution >= 4 is 11.7 Å². The predicted octanol–water partition coefficient (Wildman–Crippen LogP) is 2.73. The monoisotopic (exact) mass is 206 g/mol. The second-order valence-electron chi connectivity index (χ2n) is 3.61. The third-order valence-electron chi connectivity index (χ3n) is 2.31. The molecule has 1 aliphatic rings. The summed E-state index contributed by atoms with van der Waals surface area (Å²) < 4.78 is 0. The second kappa shape index (κ2) is 4.91. The van der Waals surface area contributed by atoms with E-state index < -0.39 is 0 Å². The van der Waals surface area contributed by atoms with Gasteiger partial charge in [0.2, 0.25) is 5.91 Å². The summed E-state index contributed by atoms with van der Waals surface area (Å²) in [6.07, 6.45) is 2.23. The molecule has 1 aromatic heterocycles. The molecule has 0 unspecified atom stereocenters. The third-order valence-corrected chi connectivity index (χ3v) is 2.31. The summed E-state index contributed by atoms with van der Waals surface area (Å²) >= 11 is 0. The molecular weight excluding hydrogens is 188 g/mol. The molecule has 2 rings (SSSR count). The van der Waals surface area contributed by atoms with Crippen molar-refractivity contribution < 1.29 is 4.79 Å². The molecule has 1 N–H and O–H groups in total. The third kappa shape index (κ3) is 2.35. The summed E-state index contributed by atoms with van der Waals surface area (Å²) in [4.78, 5) is 15.2. The Labute approximate surface area is 90.9 Å². The van der Waals surface area contributed by atoms with E-state index >= 15 is 0 Å². The van der Waals surface area contributed by atoms with Crippen molar-refractivity contribution in [2.24, 2.45) is 0 Å². The van der Waals surface area contributed by atoms with E-state index in [1.807, 2.05) is 19.9 Å². The standard InChI is InChI=1S/C10H12N2O.C2H6/c1-6(2)7-3-4-11-10-8(7)5-9(13)12-10;1-2/h3-4,6H,5H2,1-2H3,(H,11,12,13);1-2H3. The highest BCUT2D eigenvalue weighted by atomic mass is 16.1. The molecule has 2 heterocycles. The number of pyridine rings is 1. The van der Waals surface area contributed by atoms with Crippen molar-refractivity contribution in [2.45, 2.75) is 40.0 Å². The van der Waals surface area contributed by atoms with E-state index in [4.69, 9.17) is 0 Å². The highest BCUT2D eigenvalue weighted by Crippen LogP contribution is 2.28. The van der Waals surface area contributed by atoms with Crippen LogP contribution in [0.5, 0.6) is 0 Å². The number of nitrogens with one attached hydrogen (secondary N) is 1. The molecule has 0 saturated carbocycles. The topological polar surface area (TPSA) is 42.0 Å². The van der Waals surface area contributed by atoms with Crippen LogP contribution in [0.25, 0.3) is 0 Å². The average Bonchev–Trinajstić information content (AvgIpc) is 2.60. The smallest absolute Gasteiger partial charge is 0.230 e. The normalized spacial score (nSPS) is 13.0. The van der Waals surface area contributed by atoms with Gasteiger partial charge in [-0.15, -0.1) is 0 Å². The van der Waals surface area contributed by atoms with Gasteiger partial charge in [-0.3, -0.25) is 4.79 Å². The predicted molar refractivity (Wildman–Crippen MR) is 62.0 cm³/mol. The molecule has 1 amide bonds. The molecule has 1 aromatic rings. The van der Waals surface area contributed by atoms with E-state index in [0.29, 0.717) is 12.3 Å². The number of rotatable bonds is 1. The first-order chi connectivity index (χ1) is 7.18. The lowest BCUT2D eigenvalue weighted by molar-refractivity contribution is -0.115. The van der Waals surface area contributed by atoms with E-state index in [9.17, 15) is 4.79 Å². The second-order valence-corrected chi connectivity index (χ2v) is 3.61. The fraction of sp³-hybridized carbons (Fsp3) is 0.500. The van der Waals surface area contributed by atoms with Crippen LogP contribution in [0.15, 0.2) is 12.3 Å². The van der Waals surface area contributed by atoms with Crippen LogP contribution < -0.4 is 5.32 Å². The van der Waals surface area contributed by atoms with E-state index in [-0.39, 0.29) is 5.91 Å². The first kappa shape index (κ1) is 11.7. The van der Waals surface area contributed by atoms with Crippen molar-refractivity contribution in [1.29, 1.82) is 0 Å². The van der Waals surface area contributed by atoms with Gasteiger partial charge in [-0.05, 0) is 17.5 Å². The number of fused-ring (bicyclic) bond motifs is 1. The number of aromatic nitrogens is 1. The molecule has 1 aliphatic heterocycles. The number of hydrogen-bond acceptors (Lipinski definition) is 2. The van der Waals surface area contributed by atoms with Crippen molar-refractivity contribution in [3.63, 3.8) is 0 Å². The number of anilines is 1. The van der Waals surface area contributed by atoms with Gasteiger partial charge in [-0.1, -0.05) is 27.7 Å². The van der Waals surface area contributed by atoms with Gasteiger partial charge in [0.15, 0.2) is 0 Å². The average molecular weight is 206 g/mol. The zero-order valence-electron chi connectivity index (χ0n) is 9.79. The maximum absolute atomic E-state index is 11.1. The van der Waals surface area contributed by atoms with Gasteiger partial charge in [0.25, 0.3) is 0 Å². The zero-order valence-corrected chi connectivity index (χ0v) is 9.79. The lowest BCUT2D eigenvalue weighted by atomic mass is 9.98. The van der Waals surface area contributed by atoms with Gasteiger partial charge >= 0.3 is 0 Å². The Balaban J connectivity index is 0.000000531. The number of carbonyl (C=O) groups is 1. The molecule has 0 saturated heterocycles. The lowest BCUT2D eigenvalue weighted by Gasteiger charge is -2.08. The molecule has 15 heavy (non-hydrogen) atoms. The van der Waals surface area contributed by atoms with E-state index in [0.717, 1.165) is 11.4 Å². The van der Waals surface area contributed by atoms with Crippen LogP contribution in [0.3, 0.4) is 0 Å². The summed E-state index contributed by atoms with van der Waals surface area (Å²) in [5.74, 6) is 1.25. The summed E-state index contributed by atoms with van der Waals surface area (Å²) in [5.41, 5.74) is 2.30.